The molecule has 0 amide bonds. The van der Waals surface area contributed by atoms with Gasteiger partial charge in [-0.05, 0) is 38.2 Å². The number of hydrogen-bond acceptors (Lipinski definition) is 7. The zero-order valence-electron chi connectivity index (χ0n) is 19.6. The third-order valence-electron chi connectivity index (χ3n) is 6.30. The van der Waals surface area contributed by atoms with Gasteiger partial charge in [0, 0.05) is 50.0 Å². The van der Waals surface area contributed by atoms with Crippen LogP contribution in [0, 0.1) is 24.1 Å². The number of aryl methyl sites for hydroxylation is 2. The molecule has 3 aromatic rings. The number of rotatable bonds is 6. The average molecular weight is 462 g/mol. The van der Waals surface area contributed by atoms with Gasteiger partial charge in [0.25, 0.3) is 0 Å². The van der Waals surface area contributed by atoms with Gasteiger partial charge in [0.1, 0.15) is 18.0 Å². The Morgan fingerprint density at radius 3 is 2.68 bits per heavy atom. The van der Waals surface area contributed by atoms with Crippen LogP contribution in [0.3, 0.4) is 0 Å². The first-order valence-electron chi connectivity index (χ1n) is 11.0. The number of likely N-dealkylation sites (N-methyl/N-ethyl adjacent to an activating group) is 1. The van der Waals surface area contributed by atoms with Crippen LogP contribution in [0.15, 0.2) is 49.0 Å². The van der Waals surface area contributed by atoms with Gasteiger partial charge in [-0.2, -0.15) is 5.26 Å². The number of fused-ring (bicyclic) bond motifs is 1. The van der Waals surface area contributed by atoms with Gasteiger partial charge in [0.05, 0.1) is 17.3 Å². The van der Waals surface area contributed by atoms with E-state index in [4.69, 9.17) is 10.5 Å². The molecule has 1 fully saturated rings. The van der Waals surface area contributed by atoms with Gasteiger partial charge in [-0.15, -0.1) is 0 Å². The van der Waals surface area contributed by atoms with Crippen molar-refractivity contribution in [3.05, 3.63) is 71.7 Å². The molecule has 0 saturated carbocycles. The Bertz CT molecular complexity index is 1300. The van der Waals surface area contributed by atoms with E-state index in [9.17, 15) is 5.26 Å². The van der Waals surface area contributed by atoms with Gasteiger partial charge in [-0.25, -0.2) is 14.4 Å². The van der Waals surface area contributed by atoms with Crippen LogP contribution in [-0.4, -0.2) is 57.6 Å². The lowest BCUT2D eigenvalue weighted by Crippen LogP contribution is -2.45. The lowest BCUT2D eigenvalue weighted by atomic mass is 10.0. The highest BCUT2D eigenvalue weighted by molar-refractivity contribution is 5.83. The number of ether oxygens (including phenoxy) is 1. The number of halogens is 1. The summed E-state index contributed by atoms with van der Waals surface area (Å²) in [6.07, 6.45) is 4.79. The standard InChI is InChI=1S/C25H28FN7O/c1-5-6-20(33-11-9-31(3)10-12-33)23(28)24-18(14-27)25(30-15-29-24)34-21-8-7-19-17(22(21)26)13-16(2)32(19)4/h5-8,13,15,23H,1,9-12,28H2,2-4H3/b20-6+. The molecule has 1 atom stereocenters. The van der Waals surface area contributed by atoms with Crippen LogP contribution in [-0.2, 0) is 7.05 Å². The van der Waals surface area contributed by atoms with Gasteiger partial charge in [-0.1, -0.05) is 12.7 Å². The number of piperazine rings is 1. The summed E-state index contributed by atoms with van der Waals surface area (Å²) in [5.41, 5.74) is 9.47. The second kappa shape index (κ2) is 9.63. The molecule has 176 valence electrons. The van der Waals surface area contributed by atoms with Crippen molar-refractivity contribution in [1.82, 2.24) is 24.3 Å². The summed E-state index contributed by atoms with van der Waals surface area (Å²) >= 11 is 0. The quantitative estimate of drug-likeness (QED) is 0.562. The fraction of sp³-hybridized carbons (Fsp3) is 0.320. The molecule has 0 radical (unpaired) electrons. The summed E-state index contributed by atoms with van der Waals surface area (Å²) in [7, 11) is 3.95. The molecule has 4 rings (SSSR count). The molecule has 2 N–H and O–H groups in total. The molecule has 0 aliphatic carbocycles. The normalized spacial score (nSPS) is 15.9. The van der Waals surface area contributed by atoms with E-state index in [1.807, 2.05) is 24.6 Å². The average Bonchev–Trinajstić information content (AvgIpc) is 3.13. The highest BCUT2D eigenvalue weighted by atomic mass is 19.1. The Morgan fingerprint density at radius 2 is 2.00 bits per heavy atom. The number of nitriles is 1. The van der Waals surface area contributed by atoms with Crippen LogP contribution in [0.5, 0.6) is 11.6 Å². The molecule has 9 heteroatoms. The first-order chi connectivity index (χ1) is 16.3. The highest BCUT2D eigenvalue weighted by Crippen LogP contribution is 2.34. The number of nitrogens with two attached hydrogens (primary N) is 1. The molecule has 8 nitrogen and oxygen atoms in total. The van der Waals surface area contributed by atoms with Crippen LogP contribution in [0.4, 0.5) is 4.39 Å². The van der Waals surface area contributed by atoms with E-state index in [-0.39, 0.29) is 17.2 Å². The predicted octanol–water partition coefficient (Wildman–Crippen LogP) is 3.40. The molecule has 1 aliphatic rings. The smallest absolute Gasteiger partial charge is 0.240 e. The lowest BCUT2D eigenvalue weighted by Gasteiger charge is -2.37. The van der Waals surface area contributed by atoms with Crippen molar-refractivity contribution in [1.29, 1.82) is 5.26 Å². The Balaban J connectivity index is 1.70. The Labute approximate surface area is 198 Å². The molecule has 1 aliphatic heterocycles. The van der Waals surface area contributed by atoms with Gasteiger partial charge in [-0.3, -0.25) is 0 Å². The molecule has 2 aromatic heterocycles. The van der Waals surface area contributed by atoms with Crippen molar-refractivity contribution in [3.8, 4) is 17.7 Å². The van der Waals surface area contributed by atoms with Crippen molar-refractivity contribution in [2.75, 3.05) is 33.2 Å². The first kappa shape index (κ1) is 23.4. The minimum atomic E-state index is -0.703. The molecule has 1 aromatic carbocycles. The molecule has 1 saturated heterocycles. The minimum absolute atomic E-state index is 0.0197. The second-order valence-corrected chi connectivity index (χ2v) is 8.40. The monoisotopic (exact) mass is 461 g/mol. The van der Waals surface area contributed by atoms with Crippen LogP contribution in [0.2, 0.25) is 0 Å². The molecular weight excluding hydrogens is 433 g/mol. The van der Waals surface area contributed by atoms with Crippen LogP contribution in [0.1, 0.15) is 23.0 Å². The van der Waals surface area contributed by atoms with Crippen LogP contribution in [0.25, 0.3) is 10.9 Å². The van der Waals surface area contributed by atoms with Crippen LogP contribution >= 0.6 is 0 Å². The van der Waals surface area contributed by atoms with E-state index in [2.05, 4.69) is 39.5 Å². The number of hydrogen-bond donors (Lipinski definition) is 1. The maximum atomic E-state index is 15.2. The summed E-state index contributed by atoms with van der Waals surface area (Å²) in [6, 6.07) is 6.47. The maximum Gasteiger partial charge on any atom is 0.240 e. The fourth-order valence-corrected chi connectivity index (χ4v) is 4.20. The van der Waals surface area contributed by atoms with E-state index >= 15 is 4.39 Å². The highest BCUT2D eigenvalue weighted by Gasteiger charge is 2.27. The van der Waals surface area contributed by atoms with Gasteiger partial charge in [0.2, 0.25) is 5.88 Å². The lowest BCUT2D eigenvalue weighted by molar-refractivity contribution is 0.179. The summed E-state index contributed by atoms with van der Waals surface area (Å²) in [5, 5.41) is 10.4. The maximum absolute atomic E-state index is 15.2. The van der Waals surface area contributed by atoms with Crippen molar-refractivity contribution < 1.29 is 9.13 Å². The van der Waals surface area contributed by atoms with Crippen molar-refractivity contribution >= 4 is 10.9 Å². The van der Waals surface area contributed by atoms with E-state index in [0.717, 1.165) is 43.1 Å². The Hall–Kier alpha value is -3.74. The number of allylic oxidation sites excluding steroid dienone is 2. The predicted molar refractivity (Wildman–Crippen MR) is 129 cm³/mol. The van der Waals surface area contributed by atoms with E-state index in [0.29, 0.717) is 11.1 Å². The summed E-state index contributed by atoms with van der Waals surface area (Å²) in [6.45, 7) is 9.09. The summed E-state index contributed by atoms with van der Waals surface area (Å²) < 4.78 is 22.9. The SMILES string of the molecule is C=C/C=C(\C(N)c1ncnc(Oc2ccc3c(cc(C)n3C)c2F)c1C#N)N1CCN(C)CC1. The molecule has 0 bridgehead atoms. The van der Waals surface area contributed by atoms with Gasteiger partial charge >= 0.3 is 0 Å². The van der Waals surface area contributed by atoms with E-state index in [1.54, 1.807) is 18.2 Å². The zero-order chi connectivity index (χ0) is 24.4. The molecular formula is C25H28FN7O. The minimum Gasteiger partial charge on any atom is -0.434 e. The van der Waals surface area contributed by atoms with Gasteiger partial charge < -0.3 is 24.8 Å². The Kier molecular flexibility index (Phi) is 6.63. The number of nitrogens with zero attached hydrogens (tertiary/aromatic N) is 6. The Morgan fingerprint density at radius 1 is 1.26 bits per heavy atom. The molecule has 0 spiro atoms. The molecule has 3 heterocycles. The number of benzene rings is 1. The zero-order valence-corrected chi connectivity index (χ0v) is 19.6. The molecule has 1 unspecified atom stereocenters. The van der Waals surface area contributed by atoms with E-state index in [1.165, 1.54) is 12.4 Å². The second-order valence-electron chi connectivity index (χ2n) is 8.40. The van der Waals surface area contributed by atoms with E-state index < -0.39 is 11.9 Å². The first-order valence-corrected chi connectivity index (χ1v) is 11.0. The summed E-state index contributed by atoms with van der Waals surface area (Å²) in [4.78, 5) is 12.8. The third-order valence-corrected chi connectivity index (χ3v) is 6.30. The van der Waals surface area contributed by atoms with Crippen molar-refractivity contribution in [2.45, 2.75) is 13.0 Å². The summed E-state index contributed by atoms with van der Waals surface area (Å²) in [5.74, 6) is -0.571. The van der Waals surface area contributed by atoms with Crippen LogP contribution < -0.4 is 10.5 Å². The van der Waals surface area contributed by atoms with Gasteiger partial charge in [0.15, 0.2) is 11.6 Å². The fourth-order valence-electron chi connectivity index (χ4n) is 4.20. The third kappa shape index (κ3) is 4.25. The topological polar surface area (TPSA) is 96.2 Å². The van der Waals surface area contributed by atoms with Crippen molar-refractivity contribution in [2.24, 2.45) is 12.8 Å². The molecule has 34 heavy (non-hydrogen) atoms. The largest absolute Gasteiger partial charge is 0.434 e. The van der Waals surface area contributed by atoms with Crippen molar-refractivity contribution in [3.63, 3.8) is 0 Å². The number of aromatic nitrogens is 3.